The Kier molecular flexibility index (Phi) is 5.02. The van der Waals surface area contributed by atoms with Crippen molar-refractivity contribution in [2.45, 2.75) is 23.8 Å². The number of thioether (sulfide) groups is 1. The Morgan fingerprint density at radius 3 is 3.00 bits per heavy atom. The van der Waals surface area contributed by atoms with E-state index in [2.05, 4.69) is 16.7 Å². The normalized spacial score (nSPS) is 17.9. The van der Waals surface area contributed by atoms with Crippen LogP contribution >= 0.6 is 11.8 Å². The number of nitrogens with zero attached hydrogens (tertiary/aromatic N) is 1. The summed E-state index contributed by atoms with van der Waals surface area (Å²) < 4.78 is 0. The molecule has 0 aliphatic carbocycles. The molecule has 5 nitrogen and oxygen atoms in total. The molecule has 1 heterocycles. The highest BCUT2D eigenvalue weighted by atomic mass is 32.2. The minimum atomic E-state index is -0.160. The molecule has 0 aromatic heterocycles. The number of carbonyl (C=O) groups is 2. The fourth-order valence-corrected chi connectivity index (χ4v) is 2.72. The number of nitriles is 1. The SMILES string of the molecule is N#CCSc1ccccc1C(=O)NC1CCC(=O)NC1. The Hall–Kier alpha value is -2.00. The Balaban J connectivity index is 2.02. The molecule has 1 saturated heterocycles. The van der Waals surface area contributed by atoms with Gasteiger partial charge < -0.3 is 10.6 Å². The first-order chi connectivity index (χ1) is 9.70. The monoisotopic (exact) mass is 289 g/mol. The van der Waals surface area contributed by atoms with Crippen LogP contribution in [0.15, 0.2) is 29.2 Å². The van der Waals surface area contributed by atoms with Gasteiger partial charge in [0.1, 0.15) is 0 Å². The molecule has 20 heavy (non-hydrogen) atoms. The maximum atomic E-state index is 12.3. The molecule has 6 heteroatoms. The highest BCUT2D eigenvalue weighted by Crippen LogP contribution is 2.22. The number of piperidine rings is 1. The number of rotatable bonds is 4. The standard InChI is InChI=1S/C14H15N3O2S/c15-7-8-20-12-4-2-1-3-11(12)14(19)17-10-5-6-13(18)16-9-10/h1-4,10H,5-6,8-9H2,(H,16,18)(H,17,19). The van der Waals surface area contributed by atoms with Crippen molar-refractivity contribution in [3.05, 3.63) is 29.8 Å². The van der Waals surface area contributed by atoms with Crippen LogP contribution in [0, 0.1) is 11.3 Å². The van der Waals surface area contributed by atoms with Gasteiger partial charge in [-0.15, -0.1) is 11.8 Å². The van der Waals surface area contributed by atoms with E-state index in [4.69, 9.17) is 5.26 Å². The largest absolute Gasteiger partial charge is 0.354 e. The van der Waals surface area contributed by atoms with Crippen LogP contribution in [-0.2, 0) is 4.79 Å². The van der Waals surface area contributed by atoms with Crippen LogP contribution in [0.2, 0.25) is 0 Å². The summed E-state index contributed by atoms with van der Waals surface area (Å²) in [5.74, 6) is 0.178. The zero-order valence-electron chi connectivity index (χ0n) is 10.9. The van der Waals surface area contributed by atoms with E-state index in [1.165, 1.54) is 11.8 Å². The highest BCUT2D eigenvalue weighted by Gasteiger charge is 2.21. The van der Waals surface area contributed by atoms with E-state index in [1.54, 1.807) is 12.1 Å². The van der Waals surface area contributed by atoms with E-state index >= 15 is 0 Å². The molecule has 1 fully saturated rings. The second kappa shape index (κ2) is 6.96. The van der Waals surface area contributed by atoms with Gasteiger partial charge in [0.25, 0.3) is 5.91 Å². The lowest BCUT2D eigenvalue weighted by Crippen LogP contribution is -2.47. The van der Waals surface area contributed by atoms with Crippen LogP contribution in [0.1, 0.15) is 23.2 Å². The van der Waals surface area contributed by atoms with Gasteiger partial charge in [0.15, 0.2) is 0 Å². The molecule has 1 atom stereocenters. The lowest BCUT2D eigenvalue weighted by atomic mass is 10.1. The number of hydrogen-bond donors (Lipinski definition) is 2. The molecule has 0 radical (unpaired) electrons. The maximum Gasteiger partial charge on any atom is 0.252 e. The van der Waals surface area contributed by atoms with Gasteiger partial charge in [0.05, 0.1) is 17.4 Å². The zero-order valence-corrected chi connectivity index (χ0v) is 11.7. The van der Waals surface area contributed by atoms with Gasteiger partial charge >= 0.3 is 0 Å². The van der Waals surface area contributed by atoms with Crippen LogP contribution in [0.25, 0.3) is 0 Å². The van der Waals surface area contributed by atoms with Crippen LogP contribution in [0.3, 0.4) is 0 Å². The molecule has 1 unspecified atom stereocenters. The number of amides is 2. The Bertz CT molecular complexity index is 544. The third kappa shape index (κ3) is 3.75. The predicted octanol–water partition coefficient (Wildman–Crippen LogP) is 1.31. The Labute approximate surface area is 121 Å². The molecule has 2 rings (SSSR count). The van der Waals surface area contributed by atoms with E-state index in [9.17, 15) is 9.59 Å². The summed E-state index contributed by atoms with van der Waals surface area (Å²) >= 11 is 1.35. The van der Waals surface area contributed by atoms with Gasteiger partial charge in [-0.1, -0.05) is 12.1 Å². The number of benzene rings is 1. The second-order valence-electron chi connectivity index (χ2n) is 4.46. The molecule has 2 N–H and O–H groups in total. The summed E-state index contributed by atoms with van der Waals surface area (Å²) in [5, 5.41) is 14.3. The van der Waals surface area contributed by atoms with Gasteiger partial charge in [0, 0.05) is 23.9 Å². The molecular formula is C14H15N3O2S. The maximum absolute atomic E-state index is 12.3. The fourth-order valence-electron chi connectivity index (χ4n) is 2.01. The fraction of sp³-hybridized carbons (Fsp3) is 0.357. The lowest BCUT2D eigenvalue weighted by Gasteiger charge is -2.23. The molecular weight excluding hydrogens is 274 g/mol. The van der Waals surface area contributed by atoms with Crippen molar-refractivity contribution in [1.29, 1.82) is 5.26 Å². The quantitative estimate of drug-likeness (QED) is 0.819. The molecule has 1 aromatic carbocycles. The average molecular weight is 289 g/mol. The van der Waals surface area contributed by atoms with Crippen molar-refractivity contribution in [3.8, 4) is 6.07 Å². The van der Waals surface area contributed by atoms with Gasteiger partial charge in [-0.05, 0) is 18.6 Å². The van der Waals surface area contributed by atoms with Crippen LogP contribution in [-0.4, -0.2) is 30.2 Å². The first-order valence-corrected chi connectivity index (χ1v) is 7.35. The molecule has 0 spiro atoms. The number of nitrogens with one attached hydrogen (secondary N) is 2. The smallest absolute Gasteiger partial charge is 0.252 e. The first kappa shape index (κ1) is 14.4. The number of carbonyl (C=O) groups excluding carboxylic acids is 2. The molecule has 0 saturated carbocycles. The summed E-state index contributed by atoms with van der Waals surface area (Å²) in [6.07, 6.45) is 1.10. The molecule has 0 bridgehead atoms. The Morgan fingerprint density at radius 2 is 2.30 bits per heavy atom. The molecule has 104 valence electrons. The first-order valence-electron chi connectivity index (χ1n) is 6.37. The second-order valence-corrected chi connectivity index (χ2v) is 5.47. The third-order valence-corrected chi connectivity index (χ3v) is 3.97. The number of hydrogen-bond acceptors (Lipinski definition) is 4. The van der Waals surface area contributed by atoms with Gasteiger partial charge in [-0.2, -0.15) is 5.26 Å². The van der Waals surface area contributed by atoms with E-state index in [1.807, 2.05) is 12.1 Å². The van der Waals surface area contributed by atoms with Gasteiger partial charge in [-0.25, -0.2) is 0 Å². The molecule has 1 aromatic rings. The Morgan fingerprint density at radius 1 is 1.50 bits per heavy atom. The molecule has 1 aliphatic heterocycles. The molecule has 2 amide bonds. The van der Waals surface area contributed by atoms with Crippen molar-refractivity contribution in [2.75, 3.05) is 12.3 Å². The summed E-state index contributed by atoms with van der Waals surface area (Å²) in [6, 6.07) is 9.24. The summed E-state index contributed by atoms with van der Waals surface area (Å²) in [4.78, 5) is 24.1. The van der Waals surface area contributed by atoms with E-state index in [0.29, 0.717) is 30.7 Å². The minimum absolute atomic E-state index is 0.0282. The zero-order chi connectivity index (χ0) is 14.4. The van der Waals surface area contributed by atoms with Crippen molar-refractivity contribution >= 4 is 23.6 Å². The van der Waals surface area contributed by atoms with Crippen LogP contribution in [0.5, 0.6) is 0 Å². The van der Waals surface area contributed by atoms with E-state index < -0.39 is 0 Å². The van der Waals surface area contributed by atoms with E-state index in [-0.39, 0.29) is 17.9 Å². The highest BCUT2D eigenvalue weighted by molar-refractivity contribution is 7.99. The lowest BCUT2D eigenvalue weighted by molar-refractivity contribution is -0.122. The third-order valence-electron chi connectivity index (χ3n) is 3.02. The minimum Gasteiger partial charge on any atom is -0.354 e. The summed E-state index contributed by atoms with van der Waals surface area (Å²) in [7, 11) is 0. The predicted molar refractivity (Wildman–Crippen MR) is 76.3 cm³/mol. The summed E-state index contributed by atoms with van der Waals surface area (Å²) in [6.45, 7) is 0.470. The average Bonchev–Trinajstić information content (AvgIpc) is 2.47. The van der Waals surface area contributed by atoms with Crippen LogP contribution in [0.4, 0.5) is 0 Å². The summed E-state index contributed by atoms with van der Waals surface area (Å²) in [5.41, 5.74) is 0.574. The van der Waals surface area contributed by atoms with Crippen molar-refractivity contribution in [1.82, 2.24) is 10.6 Å². The van der Waals surface area contributed by atoms with Crippen LogP contribution < -0.4 is 10.6 Å². The topological polar surface area (TPSA) is 82.0 Å². The van der Waals surface area contributed by atoms with E-state index in [0.717, 1.165) is 4.90 Å². The molecule has 1 aliphatic rings. The van der Waals surface area contributed by atoms with Gasteiger partial charge in [0.2, 0.25) is 5.91 Å². The van der Waals surface area contributed by atoms with Crippen molar-refractivity contribution in [3.63, 3.8) is 0 Å². The van der Waals surface area contributed by atoms with Gasteiger partial charge in [-0.3, -0.25) is 9.59 Å². The van der Waals surface area contributed by atoms with Crippen molar-refractivity contribution in [2.24, 2.45) is 0 Å². The van der Waals surface area contributed by atoms with Crippen molar-refractivity contribution < 1.29 is 9.59 Å².